The van der Waals surface area contributed by atoms with E-state index < -0.39 is 5.60 Å². The first-order valence-electron chi connectivity index (χ1n) is 9.99. The largest absolute Gasteiger partial charge is 0.460 e. The fourth-order valence-corrected chi connectivity index (χ4v) is 3.60. The Morgan fingerprint density at radius 1 is 1.30 bits per heavy atom. The van der Waals surface area contributed by atoms with Gasteiger partial charge in [-0.1, -0.05) is 12.1 Å². The summed E-state index contributed by atoms with van der Waals surface area (Å²) in [4.78, 5) is 24.7. The van der Waals surface area contributed by atoms with Gasteiger partial charge in [-0.3, -0.25) is 9.59 Å². The molecule has 0 spiro atoms. The molecule has 0 aromatic carbocycles. The van der Waals surface area contributed by atoms with Crippen molar-refractivity contribution in [1.82, 2.24) is 15.8 Å². The fourth-order valence-electron chi connectivity index (χ4n) is 3.60. The van der Waals surface area contributed by atoms with Gasteiger partial charge in [-0.15, -0.1) is 0 Å². The van der Waals surface area contributed by atoms with E-state index in [1.54, 1.807) is 6.07 Å². The van der Waals surface area contributed by atoms with Crippen molar-refractivity contribution in [2.24, 2.45) is 0 Å². The maximum Gasteiger partial charge on any atom is 0.307 e. The van der Waals surface area contributed by atoms with Gasteiger partial charge in [0.15, 0.2) is 5.69 Å². The molecule has 2 N–H and O–H groups in total. The fraction of sp³-hybridized carbons (Fsp3) is 0.750. The molecule has 2 fully saturated rings. The first-order valence-corrected chi connectivity index (χ1v) is 9.99. The third kappa shape index (κ3) is 5.79. The summed E-state index contributed by atoms with van der Waals surface area (Å²) in [6.07, 6.45) is 4.97. The van der Waals surface area contributed by atoms with Gasteiger partial charge in [-0.25, -0.2) is 0 Å². The van der Waals surface area contributed by atoms with E-state index in [0.717, 1.165) is 31.4 Å². The predicted octanol–water partition coefficient (Wildman–Crippen LogP) is 2.91. The van der Waals surface area contributed by atoms with Crippen LogP contribution in [0.25, 0.3) is 0 Å². The summed E-state index contributed by atoms with van der Waals surface area (Å²) >= 11 is 0. The van der Waals surface area contributed by atoms with Crippen LogP contribution in [-0.4, -0.2) is 40.8 Å². The molecule has 0 radical (unpaired) electrons. The Balaban J connectivity index is 1.56. The molecular formula is C20H31N3O4. The Kier molecular flexibility index (Phi) is 5.89. The number of aromatic nitrogens is 1. The number of carbonyl (C=O) groups excluding carboxylic acids is 2. The zero-order valence-electron chi connectivity index (χ0n) is 16.7. The van der Waals surface area contributed by atoms with Crippen molar-refractivity contribution in [2.45, 2.75) is 95.9 Å². The van der Waals surface area contributed by atoms with E-state index in [4.69, 9.17) is 9.26 Å². The summed E-state index contributed by atoms with van der Waals surface area (Å²) < 4.78 is 10.7. The summed E-state index contributed by atoms with van der Waals surface area (Å²) in [6.45, 7) is 7.70. The van der Waals surface area contributed by atoms with Crippen LogP contribution in [0.1, 0.15) is 88.4 Å². The van der Waals surface area contributed by atoms with Crippen molar-refractivity contribution in [1.29, 1.82) is 0 Å². The molecule has 2 aliphatic rings. The number of carbonyl (C=O) groups is 2. The first kappa shape index (κ1) is 19.9. The van der Waals surface area contributed by atoms with Crippen LogP contribution in [0, 0.1) is 0 Å². The molecule has 1 aromatic rings. The number of nitrogens with zero attached hydrogens (tertiary/aromatic N) is 1. The molecule has 1 saturated carbocycles. The molecule has 3 rings (SSSR count). The number of hydrogen-bond acceptors (Lipinski definition) is 6. The van der Waals surface area contributed by atoms with E-state index in [9.17, 15) is 9.59 Å². The average molecular weight is 377 g/mol. The maximum atomic E-state index is 12.5. The number of nitrogens with one attached hydrogen (secondary N) is 2. The van der Waals surface area contributed by atoms with Crippen LogP contribution in [0.15, 0.2) is 10.6 Å². The van der Waals surface area contributed by atoms with Crippen molar-refractivity contribution < 1.29 is 18.8 Å². The molecule has 3 unspecified atom stereocenters. The van der Waals surface area contributed by atoms with E-state index in [0.29, 0.717) is 24.5 Å². The lowest BCUT2D eigenvalue weighted by Gasteiger charge is -2.36. The second-order valence-electron chi connectivity index (χ2n) is 8.79. The van der Waals surface area contributed by atoms with Gasteiger partial charge in [0.2, 0.25) is 0 Å². The average Bonchev–Trinajstić information content (AvgIpc) is 3.29. The van der Waals surface area contributed by atoms with E-state index in [-0.39, 0.29) is 30.0 Å². The lowest BCUT2D eigenvalue weighted by atomic mass is 9.90. The minimum absolute atomic E-state index is 0.00258. The van der Waals surface area contributed by atoms with Crippen molar-refractivity contribution in [2.75, 3.05) is 0 Å². The number of rotatable bonds is 6. The molecular weight excluding hydrogens is 346 g/mol. The maximum absolute atomic E-state index is 12.5. The van der Waals surface area contributed by atoms with E-state index in [1.165, 1.54) is 0 Å². The summed E-state index contributed by atoms with van der Waals surface area (Å²) in [6, 6.07) is 2.00. The second-order valence-corrected chi connectivity index (χ2v) is 8.79. The highest BCUT2D eigenvalue weighted by Crippen LogP contribution is 2.40. The molecule has 27 heavy (non-hydrogen) atoms. The topological polar surface area (TPSA) is 93.5 Å². The highest BCUT2D eigenvalue weighted by atomic mass is 16.6. The number of esters is 1. The Bertz CT molecular complexity index is 675. The third-order valence-electron chi connectivity index (χ3n) is 5.01. The molecule has 7 heteroatoms. The second kappa shape index (κ2) is 8.00. The van der Waals surface area contributed by atoms with Crippen LogP contribution < -0.4 is 10.6 Å². The molecule has 1 saturated heterocycles. The van der Waals surface area contributed by atoms with Gasteiger partial charge < -0.3 is 19.9 Å². The number of hydrogen-bond donors (Lipinski definition) is 2. The van der Waals surface area contributed by atoms with Crippen molar-refractivity contribution in [3.8, 4) is 0 Å². The van der Waals surface area contributed by atoms with Crippen LogP contribution in [0.5, 0.6) is 0 Å². The molecule has 1 amide bonds. The van der Waals surface area contributed by atoms with Gasteiger partial charge in [0.1, 0.15) is 11.4 Å². The van der Waals surface area contributed by atoms with E-state index >= 15 is 0 Å². The quantitative estimate of drug-likeness (QED) is 0.741. The van der Waals surface area contributed by atoms with Crippen LogP contribution >= 0.6 is 0 Å². The van der Waals surface area contributed by atoms with Gasteiger partial charge in [0.05, 0.1) is 6.42 Å². The Morgan fingerprint density at radius 2 is 2.00 bits per heavy atom. The highest BCUT2D eigenvalue weighted by Gasteiger charge is 2.32. The number of piperidine rings is 1. The minimum atomic E-state index is -0.490. The molecule has 7 nitrogen and oxygen atoms in total. The number of ether oxygens (including phenoxy) is 1. The van der Waals surface area contributed by atoms with Crippen LogP contribution in [0.3, 0.4) is 0 Å². The zero-order chi connectivity index (χ0) is 19.6. The van der Waals surface area contributed by atoms with Gasteiger partial charge in [0, 0.05) is 30.1 Å². The highest BCUT2D eigenvalue weighted by molar-refractivity contribution is 5.92. The monoisotopic (exact) mass is 377 g/mol. The van der Waals surface area contributed by atoms with Crippen molar-refractivity contribution in [3.05, 3.63) is 17.5 Å². The molecule has 0 bridgehead atoms. The lowest BCUT2D eigenvalue weighted by Crippen LogP contribution is -2.53. The summed E-state index contributed by atoms with van der Waals surface area (Å²) in [5.74, 6) is 0.816. The molecule has 1 aromatic heterocycles. The first-order chi connectivity index (χ1) is 12.7. The SMILES string of the molecule is CCC1CC(NC(=O)c2cc(C3CC3)on2)CC(CC(=O)OC(C)(C)C)N1. The summed E-state index contributed by atoms with van der Waals surface area (Å²) in [5.41, 5.74) is -0.150. The molecule has 150 valence electrons. The van der Waals surface area contributed by atoms with Gasteiger partial charge in [-0.05, 0) is 52.9 Å². The minimum Gasteiger partial charge on any atom is -0.460 e. The Morgan fingerprint density at radius 3 is 2.63 bits per heavy atom. The molecule has 3 atom stereocenters. The van der Waals surface area contributed by atoms with E-state index in [2.05, 4.69) is 22.7 Å². The predicted molar refractivity (Wildman–Crippen MR) is 100 cm³/mol. The Hall–Kier alpha value is -1.89. The summed E-state index contributed by atoms with van der Waals surface area (Å²) in [5, 5.41) is 10.5. The van der Waals surface area contributed by atoms with Crippen molar-refractivity contribution >= 4 is 11.9 Å². The lowest BCUT2D eigenvalue weighted by molar-refractivity contribution is -0.155. The van der Waals surface area contributed by atoms with Crippen LogP contribution in [0.2, 0.25) is 0 Å². The molecule has 2 heterocycles. The standard InChI is InChI=1S/C20H31N3O4/c1-5-13-8-14(9-15(21-13)10-18(24)26-20(2,3)4)22-19(25)16-11-17(27-23-16)12-6-7-12/h11-15,21H,5-10H2,1-4H3,(H,22,25). The normalized spacial score (nSPS) is 25.9. The van der Waals surface area contributed by atoms with Gasteiger partial charge >= 0.3 is 5.97 Å². The summed E-state index contributed by atoms with van der Waals surface area (Å²) in [7, 11) is 0. The van der Waals surface area contributed by atoms with Crippen molar-refractivity contribution in [3.63, 3.8) is 0 Å². The third-order valence-corrected chi connectivity index (χ3v) is 5.01. The van der Waals surface area contributed by atoms with Crippen LogP contribution in [-0.2, 0) is 9.53 Å². The molecule has 1 aliphatic carbocycles. The van der Waals surface area contributed by atoms with E-state index in [1.807, 2.05) is 20.8 Å². The smallest absolute Gasteiger partial charge is 0.307 e. The Labute approximate surface area is 160 Å². The zero-order valence-corrected chi connectivity index (χ0v) is 16.7. The van der Waals surface area contributed by atoms with Crippen LogP contribution in [0.4, 0.5) is 0 Å². The van der Waals surface area contributed by atoms with Gasteiger partial charge in [0.25, 0.3) is 5.91 Å². The molecule has 1 aliphatic heterocycles. The number of amides is 1. The van der Waals surface area contributed by atoms with Gasteiger partial charge in [-0.2, -0.15) is 0 Å².